The molecule has 0 spiro atoms. The monoisotopic (exact) mass is 372 g/mol. The van der Waals surface area contributed by atoms with Crippen molar-refractivity contribution in [2.75, 3.05) is 10.6 Å². The summed E-state index contributed by atoms with van der Waals surface area (Å²) in [5.41, 5.74) is 6.10. The lowest BCUT2D eigenvalue weighted by atomic mass is 9.85. The molecule has 3 rings (SSSR count). The van der Waals surface area contributed by atoms with Crippen molar-refractivity contribution in [1.82, 2.24) is 15.0 Å². The quantitative estimate of drug-likeness (QED) is 0.659. The first kappa shape index (κ1) is 19.3. The minimum absolute atomic E-state index is 0.0966. The Hall–Kier alpha value is -3.46. The molecule has 0 bridgehead atoms. The van der Waals surface area contributed by atoms with Gasteiger partial charge in [0.2, 0.25) is 11.9 Å². The molecule has 0 radical (unpaired) electrons. The predicted octanol–water partition coefficient (Wildman–Crippen LogP) is 5.14. The van der Waals surface area contributed by atoms with Gasteiger partial charge in [0, 0.05) is 11.4 Å². The predicted molar refractivity (Wildman–Crippen MR) is 112 cm³/mol. The molecular weight excluding hydrogens is 348 g/mol. The van der Waals surface area contributed by atoms with E-state index in [2.05, 4.69) is 78.4 Å². The van der Waals surface area contributed by atoms with Crippen molar-refractivity contribution >= 4 is 23.3 Å². The summed E-state index contributed by atoms with van der Waals surface area (Å²) in [6.45, 7) is 10.8. The van der Waals surface area contributed by atoms with E-state index in [9.17, 15) is 0 Å². The molecule has 1 aromatic heterocycles. The van der Waals surface area contributed by atoms with Gasteiger partial charge in [-0.1, -0.05) is 32.9 Å². The van der Waals surface area contributed by atoms with E-state index >= 15 is 0 Å². The zero-order chi connectivity index (χ0) is 20.3. The zero-order valence-corrected chi connectivity index (χ0v) is 16.8. The number of nitrogens with one attached hydrogen (secondary N) is 2. The molecule has 0 aliphatic carbocycles. The molecule has 2 aromatic carbocycles. The standard InChI is InChI=1S/C22H24N6/c1-14-10-17(22(3,4)5)11-15(2)19(14)27-21-25-13-24-20(28-21)26-18-8-6-16(12-23)7-9-18/h6-11,13H,1-5H3,(H2,24,25,26,27,28). The van der Waals surface area contributed by atoms with Gasteiger partial charge in [0.1, 0.15) is 6.33 Å². The second-order valence-corrected chi connectivity index (χ2v) is 7.81. The first-order valence-electron chi connectivity index (χ1n) is 9.11. The Bertz CT molecular complexity index is 1000. The van der Waals surface area contributed by atoms with Crippen molar-refractivity contribution in [1.29, 1.82) is 5.26 Å². The third kappa shape index (κ3) is 4.44. The van der Waals surface area contributed by atoms with Crippen molar-refractivity contribution in [2.45, 2.75) is 40.0 Å². The van der Waals surface area contributed by atoms with Crippen molar-refractivity contribution in [2.24, 2.45) is 0 Å². The van der Waals surface area contributed by atoms with Crippen molar-refractivity contribution in [3.05, 3.63) is 65.0 Å². The van der Waals surface area contributed by atoms with Gasteiger partial charge in [0.15, 0.2) is 0 Å². The molecule has 6 nitrogen and oxygen atoms in total. The summed E-state index contributed by atoms with van der Waals surface area (Å²) in [7, 11) is 0. The summed E-state index contributed by atoms with van der Waals surface area (Å²) >= 11 is 0. The lowest BCUT2D eigenvalue weighted by Gasteiger charge is -2.22. The van der Waals surface area contributed by atoms with E-state index in [0.29, 0.717) is 17.5 Å². The van der Waals surface area contributed by atoms with Crippen LogP contribution in [-0.2, 0) is 5.41 Å². The van der Waals surface area contributed by atoms with Crippen LogP contribution in [0.25, 0.3) is 0 Å². The number of nitrogens with zero attached hydrogens (tertiary/aromatic N) is 4. The van der Waals surface area contributed by atoms with Crippen LogP contribution in [0.1, 0.15) is 43.0 Å². The van der Waals surface area contributed by atoms with Crippen molar-refractivity contribution in [3.8, 4) is 6.07 Å². The van der Waals surface area contributed by atoms with Gasteiger partial charge in [0.05, 0.1) is 11.6 Å². The Kier molecular flexibility index (Phi) is 5.27. The number of hydrogen-bond acceptors (Lipinski definition) is 6. The first-order chi connectivity index (χ1) is 13.3. The molecule has 0 unspecified atom stereocenters. The van der Waals surface area contributed by atoms with E-state index in [-0.39, 0.29) is 5.41 Å². The Balaban J connectivity index is 1.82. The van der Waals surface area contributed by atoms with E-state index in [0.717, 1.165) is 22.5 Å². The number of hydrogen-bond donors (Lipinski definition) is 2. The summed E-state index contributed by atoms with van der Waals surface area (Å²) in [6.07, 6.45) is 1.47. The number of aryl methyl sites for hydroxylation is 2. The third-order valence-corrected chi connectivity index (χ3v) is 4.48. The van der Waals surface area contributed by atoms with Crippen LogP contribution in [0.3, 0.4) is 0 Å². The van der Waals surface area contributed by atoms with Gasteiger partial charge in [-0.2, -0.15) is 10.2 Å². The molecule has 0 aliphatic heterocycles. The lowest BCUT2D eigenvalue weighted by Crippen LogP contribution is -2.12. The van der Waals surface area contributed by atoms with Gasteiger partial charge < -0.3 is 10.6 Å². The second-order valence-electron chi connectivity index (χ2n) is 7.81. The second kappa shape index (κ2) is 7.65. The van der Waals surface area contributed by atoms with Crippen LogP contribution in [0.5, 0.6) is 0 Å². The average Bonchev–Trinajstić information content (AvgIpc) is 2.65. The van der Waals surface area contributed by atoms with Crippen LogP contribution < -0.4 is 10.6 Å². The fourth-order valence-electron chi connectivity index (χ4n) is 2.88. The fourth-order valence-corrected chi connectivity index (χ4v) is 2.88. The molecule has 0 saturated carbocycles. The largest absolute Gasteiger partial charge is 0.324 e. The number of nitriles is 1. The maximum Gasteiger partial charge on any atom is 0.232 e. The van der Waals surface area contributed by atoms with Gasteiger partial charge in [0.25, 0.3) is 0 Å². The third-order valence-electron chi connectivity index (χ3n) is 4.48. The SMILES string of the molecule is Cc1cc(C(C)(C)C)cc(C)c1Nc1ncnc(Nc2ccc(C#N)cc2)n1. The Labute approximate surface area is 165 Å². The highest BCUT2D eigenvalue weighted by atomic mass is 15.2. The minimum Gasteiger partial charge on any atom is -0.324 e. The fraction of sp³-hybridized carbons (Fsp3) is 0.273. The minimum atomic E-state index is 0.0966. The van der Waals surface area contributed by atoms with Crippen LogP contribution in [0.15, 0.2) is 42.7 Å². The van der Waals surface area contributed by atoms with Crippen LogP contribution >= 0.6 is 0 Å². The van der Waals surface area contributed by atoms with E-state index < -0.39 is 0 Å². The molecule has 0 amide bonds. The van der Waals surface area contributed by atoms with Gasteiger partial charge in [-0.15, -0.1) is 0 Å². The highest BCUT2D eigenvalue weighted by Crippen LogP contribution is 2.30. The van der Waals surface area contributed by atoms with Gasteiger partial charge in [-0.05, 0) is 60.2 Å². The van der Waals surface area contributed by atoms with Crippen LogP contribution in [0.4, 0.5) is 23.3 Å². The molecular formula is C22H24N6. The molecule has 0 atom stereocenters. The van der Waals surface area contributed by atoms with E-state index in [4.69, 9.17) is 5.26 Å². The number of rotatable bonds is 4. The molecule has 142 valence electrons. The maximum absolute atomic E-state index is 8.89. The molecule has 0 aliphatic rings. The molecule has 1 heterocycles. The zero-order valence-electron chi connectivity index (χ0n) is 16.8. The highest BCUT2D eigenvalue weighted by Gasteiger charge is 2.16. The number of aromatic nitrogens is 3. The Morgan fingerprint density at radius 2 is 1.46 bits per heavy atom. The van der Waals surface area contributed by atoms with Crippen molar-refractivity contribution < 1.29 is 0 Å². The van der Waals surface area contributed by atoms with Crippen molar-refractivity contribution in [3.63, 3.8) is 0 Å². The summed E-state index contributed by atoms with van der Waals surface area (Å²) < 4.78 is 0. The maximum atomic E-state index is 8.89. The van der Waals surface area contributed by atoms with Gasteiger partial charge in [-0.25, -0.2) is 9.97 Å². The summed E-state index contributed by atoms with van der Waals surface area (Å²) in [6, 6.07) is 13.6. The molecule has 2 N–H and O–H groups in total. The molecule has 3 aromatic rings. The normalized spacial score (nSPS) is 11.0. The van der Waals surface area contributed by atoms with E-state index in [1.54, 1.807) is 12.1 Å². The summed E-state index contributed by atoms with van der Waals surface area (Å²) in [5.74, 6) is 0.907. The average molecular weight is 372 g/mol. The van der Waals surface area contributed by atoms with E-state index in [1.807, 2.05) is 12.1 Å². The molecule has 6 heteroatoms. The van der Waals surface area contributed by atoms with Crippen LogP contribution in [0, 0.1) is 25.2 Å². The van der Waals surface area contributed by atoms with Crippen LogP contribution in [-0.4, -0.2) is 15.0 Å². The Morgan fingerprint density at radius 1 is 0.893 bits per heavy atom. The first-order valence-corrected chi connectivity index (χ1v) is 9.11. The molecule has 0 saturated heterocycles. The van der Waals surface area contributed by atoms with Crippen LogP contribution in [0.2, 0.25) is 0 Å². The highest BCUT2D eigenvalue weighted by molar-refractivity contribution is 5.65. The molecule has 28 heavy (non-hydrogen) atoms. The van der Waals surface area contributed by atoms with E-state index in [1.165, 1.54) is 11.9 Å². The smallest absolute Gasteiger partial charge is 0.232 e. The summed E-state index contributed by atoms with van der Waals surface area (Å²) in [5, 5.41) is 15.3. The number of anilines is 4. The summed E-state index contributed by atoms with van der Waals surface area (Å²) in [4.78, 5) is 12.9. The molecule has 0 fully saturated rings. The lowest BCUT2D eigenvalue weighted by molar-refractivity contribution is 0.589. The van der Waals surface area contributed by atoms with Gasteiger partial charge in [-0.3, -0.25) is 0 Å². The number of benzene rings is 2. The topological polar surface area (TPSA) is 86.5 Å². The van der Waals surface area contributed by atoms with Gasteiger partial charge >= 0.3 is 0 Å². The Morgan fingerprint density at radius 3 is 2.00 bits per heavy atom.